The van der Waals surface area contributed by atoms with Gasteiger partial charge in [-0.1, -0.05) is 6.07 Å². The van der Waals surface area contributed by atoms with Crippen molar-refractivity contribution in [3.63, 3.8) is 0 Å². The zero-order valence-electron chi connectivity index (χ0n) is 13.2. The predicted octanol–water partition coefficient (Wildman–Crippen LogP) is 5.35. The van der Waals surface area contributed by atoms with Crippen molar-refractivity contribution in [3.8, 4) is 16.5 Å². The molecule has 126 valence electrons. The van der Waals surface area contributed by atoms with Crippen molar-refractivity contribution in [2.45, 2.75) is 41.3 Å². The Kier molecular flexibility index (Phi) is 5.88. The maximum Gasteiger partial charge on any atom is 0.262 e. The summed E-state index contributed by atoms with van der Waals surface area (Å²) in [5.41, 5.74) is 1.39. The average molecular weight is 397 g/mol. The second-order valence-corrected chi connectivity index (χ2v) is 9.36. The number of nitrogens with zero attached hydrogens (tertiary/aromatic N) is 1. The molecule has 0 bridgehead atoms. The third-order valence-electron chi connectivity index (χ3n) is 4.09. The molecule has 0 aromatic carbocycles. The summed E-state index contributed by atoms with van der Waals surface area (Å²) in [7, 11) is 0. The Bertz CT molecular complexity index is 764. The van der Waals surface area contributed by atoms with Crippen LogP contribution in [0.4, 0.5) is 0 Å². The second kappa shape index (κ2) is 7.92. The Morgan fingerprint density at radius 1 is 1.50 bits per heavy atom. The first kappa shape index (κ1) is 17.8. The molecule has 0 aliphatic heterocycles. The van der Waals surface area contributed by atoms with E-state index in [1.165, 1.54) is 23.1 Å². The molecular weight excluding hydrogens is 380 g/mol. The fourth-order valence-corrected chi connectivity index (χ4v) is 6.04. The quantitative estimate of drug-likeness (QED) is 0.559. The number of hydrogen-bond donors (Lipinski definition) is 1. The Balaban J connectivity index is 1.93. The van der Waals surface area contributed by atoms with Gasteiger partial charge in [-0.15, -0.1) is 46.0 Å². The lowest BCUT2D eigenvalue weighted by Gasteiger charge is -2.26. The van der Waals surface area contributed by atoms with E-state index in [4.69, 9.17) is 11.6 Å². The van der Waals surface area contributed by atoms with E-state index in [1.54, 1.807) is 11.3 Å². The van der Waals surface area contributed by atoms with Crippen molar-refractivity contribution in [1.82, 2.24) is 5.32 Å². The SMILES string of the molecule is CSc1sc(C(=O)NC2CCCC(Cl)C2)c(-c2cccs2)c1C#N. The number of thiophene rings is 2. The van der Waals surface area contributed by atoms with Crippen LogP contribution in [-0.4, -0.2) is 23.6 Å². The van der Waals surface area contributed by atoms with Crippen LogP contribution in [0.3, 0.4) is 0 Å². The molecule has 1 amide bonds. The number of nitriles is 1. The van der Waals surface area contributed by atoms with Gasteiger partial charge in [0.25, 0.3) is 5.91 Å². The summed E-state index contributed by atoms with van der Waals surface area (Å²) in [6.07, 6.45) is 5.78. The van der Waals surface area contributed by atoms with Gasteiger partial charge < -0.3 is 5.32 Å². The number of rotatable bonds is 4. The van der Waals surface area contributed by atoms with Gasteiger partial charge in [-0.05, 0) is 43.4 Å². The van der Waals surface area contributed by atoms with Crippen molar-refractivity contribution in [2.24, 2.45) is 0 Å². The van der Waals surface area contributed by atoms with Crippen molar-refractivity contribution in [1.29, 1.82) is 5.26 Å². The lowest BCUT2D eigenvalue weighted by atomic mass is 9.95. The van der Waals surface area contributed by atoms with Crippen LogP contribution < -0.4 is 5.32 Å². The largest absolute Gasteiger partial charge is 0.349 e. The molecular formula is C17H17ClN2OS3. The number of halogens is 1. The zero-order valence-corrected chi connectivity index (χ0v) is 16.4. The zero-order chi connectivity index (χ0) is 17.1. The normalized spacial score (nSPS) is 20.5. The topological polar surface area (TPSA) is 52.9 Å². The van der Waals surface area contributed by atoms with Gasteiger partial charge in [-0.3, -0.25) is 4.79 Å². The number of alkyl halides is 1. The van der Waals surface area contributed by atoms with E-state index >= 15 is 0 Å². The third-order valence-corrected chi connectivity index (χ3v) is 7.68. The van der Waals surface area contributed by atoms with E-state index in [0.29, 0.717) is 10.4 Å². The van der Waals surface area contributed by atoms with E-state index in [0.717, 1.165) is 40.3 Å². The summed E-state index contributed by atoms with van der Waals surface area (Å²) in [4.78, 5) is 14.5. The second-order valence-electron chi connectivity index (χ2n) is 5.70. The number of amides is 1. The molecule has 2 aromatic rings. The minimum Gasteiger partial charge on any atom is -0.349 e. The molecule has 0 radical (unpaired) electrons. The van der Waals surface area contributed by atoms with E-state index in [1.807, 2.05) is 23.8 Å². The highest BCUT2D eigenvalue weighted by atomic mass is 35.5. The molecule has 2 heterocycles. The van der Waals surface area contributed by atoms with Gasteiger partial charge in [0.2, 0.25) is 0 Å². The lowest BCUT2D eigenvalue weighted by Crippen LogP contribution is -2.38. The van der Waals surface area contributed by atoms with E-state index < -0.39 is 0 Å². The van der Waals surface area contributed by atoms with Gasteiger partial charge in [0.15, 0.2) is 0 Å². The summed E-state index contributed by atoms with van der Waals surface area (Å²) in [5.74, 6) is -0.0871. The smallest absolute Gasteiger partial charge is 0.262 e. The molecule has 1 N–H and O–H groups in total. The van der Waals surface area contributed by atoms with Gasteiger partial charge in [0, 0.05) is 21.9 Å². The van der Waals surface area contributed by atoms with Crippen LogP contribution >= 0.6 is 46.0 Å². The highest BCUT2D eigenvalue weighted by Crippen LogP contribution is 2.42. The van der Waals surface area contributed by atoms with Crippen molar-refractivity contribution >= 4 is 51.9 Å². The average Bonchev–Trinajstić information content (AvgIpc) is 3.21. The van der Waals surface area contributed by atoms with Crippen LogP contribution in [0.15, 0.2) is 21.7 Å². The Morgan fingerprint density at radius 2 is 2.33 bits per heavy atom. The number of hydrogen-bond acceptors (Lipinski definition) is 5. The summed E-state index contributed by atoms with van der Waals surface area (Å²) in [6.45, 7) is 0. The molecule has 1 aliphatic carbocycles. The number of thioether (sulfide) groups is 1. The summed E-state index contributed by atoms with van der Waals surface area (Å²) in [6, 6.07) is 6.31. The van der Waals surface area contributed by atoms with E-state index in [-0.39, 0.29) is 17.3 Å². The molecule has 24 heavy (non-hydrogen) atoms. The van der Waals surface area contributed by atoms with Crippen molar-refractivity contribution in [2.75, 3.05) is 6.26 Å². The first-order valence-electron chi connectivity index (χ1n) is 7.73. The highest BCUT2D eigenvalue weighted by molar-refractivity contribution is 8.00. The number of carbonyl (C=O) groups is 1. The van der Waals surface area contributed by atoms with Crippen LogP contribution in [0.5, 0.6) is 0 Å². The fraction of sp³-hybridized carbons (Fsp3) is 0.412. The standard InChI is InChI=1S/C17H17ClN2OS3/c1-22-17-12(9-19)14(13-6-3-7-23-13)15(24-17)16(21)20-11-5-2-4-10(18)8-11/h3,6-7,10-11H,2,4-5,8H2,1H3,(H,20,21). The van der Waals surface area contributed by atoms with E-state index in [9.17, 15) is 10.1 Å². The molecule has 3 nitrogen and oxygen atoms in total. The van der Waals surface area contributed by atoms with E-state index in [2.05, 4.69) is 11.4 Å². The third kappa shape index (κ3) is 3.65. The van der Waals surface area contributed by atoms with Crippen LogP contribution in [-0.2, 0) is 0 Å². The molecule has 2 aromatic heterocycles. The molecule has 1 saturated carbocycles. The maximum absolute atomic E-state index is 12.9. The summed E-state index contributed by atoms with van der Waals surface area (Å²) >= 11 is 10.7. The van der Waals surface area contributed by atoms with Gasteiger partial charge in [0.1, 0.15) is 10.9 Å². The fourth-order valence-electron chi connectivity index (χ4n) is 2.98. The minimum atomic E-state index is -0.0871. The lowest BCUT2D eigenvalue weighted by molar-refractivity contribution is 0.0933. The van der Waals surface area contributed by atoms with Crippen LogP contribution in [0.1, 0.15) is 40.9 Å². The molecule has 2 unspecified atom stereocenters. The van der Waals surface area contributed by atoms with Crippen molar-refractivity contribution in [3.05, 3.63) is 28.0 Å². The van der Waals surface area contributed by atoms with Crippen molar-refractivity contribution < 1.29 is 4.79 Å². The number of carbonyl (C=O) groups excluding carboxylic acids is 1. The Labute approximate surface area is 159 Å². The summed E-state index contributed by atoms with van der Waals surface area (Å²) < 4.78 is 0.893. The van der Waals surface area contributed by atoms with Crippen LogP contribution in [0.2, 0.25) is 0 Å². The Morgan fingerprint density at radius 3 is 2.96 bits per heavy atom. The first-order valence-corrected chi connectivity index (χ1v) is 11.1. The molecule has 0 spiro atoms. The molecule has 2 atom stereocenters. The highest BCUT2D eigenvalue weighted by Gasteiger charge is 2.27. The minimum absolute atomic E-state index is 0.0871. The first-order chi connectivity index (χ1) is 11.6. The van der Waals surface area contributed by atoms with Gasteiger partial charge >= 0.3 is 0 Å². The Hall–Kier alpha value is -1.00. The van der Waals surface area contributed by atoms with Gasteiger partial charge in [0.05, 0.1) is 9.77 Å². The monoisotopic (exact) mass is 396 g/mol. The molecule has 1 aliphatic rings. The molecule has 1 fully saturated rings. The van der Waals surface area contributed by atoms with Crippen LogP contribution in [0, 0.1) is 11.3 Å². The predicted molar refractivity (Wildman–Crippen MR) is 103 cm³/mol. The van der Waals surface area contributed by atoms with Crippen LogP contribution in [0.25, 0.3) is 10.4 Å². The molecule has 0 saturated heterocycles. The maximum atomic E-state index is 12.9. The van der Waals surface area contributed by atoms with Gasteiger partial charge in [-0.25, -0.2) is 0 Å². The molecule has 3 rings (SSSR count). The number of nitrogens with one attached hydrogen (secondary N) is 1. The molecule has 7 heteroatoms. The van der Waals surface area contributed by atoms with Gasteiger partial charge in [-0.2, -0.15) is 5.26 Å². The summed E-state index contributed by atoms with van der Waals surface area (Å²) in [5, 5.41) is 14.8.